The van der Waals surface area contributed by atoms with Gasteiger partial charge in [-0.3, -0.25) is 0 Å². The smallest absolute Gasteiger partial charge is 0.0897 e. The molecule has 2 N–H and O–H groups in total. The lowest BCUT2D eigenvalue weighted by molar-refractivity contribution is -0.0478. The lowest BCUT2D eigenvalue weighted by Crippen LogP contribution is -2.34. The molecule has 1 aliphatic rings. The van der Waals surface area contributed by atoms with Gasteiger partial charge in [-0.15, -0.1) is 0 Å². The van der Waals surface area contributed by atoms with Gasteiger partial charge in [0.05, 0.1) is 18.3 Å². The van der Waals surface area contributed by atoms with E-state index < -0.39 is 6.10 Å². The van der Waals surface area contributed by atoms with Crippen LogP contribution in [-0.4, -0.2) is 36.5 Å². The highest BCUT2D eigenvalue weighted by Crippen LogP contribution is 2.26. The minimum atomic E-state index is -0.391. The van der Waals surface area contributed by atoms with Gasteiger partial charge in [0.15, 0.2) is 0 Å². The first-order valence-corrected chi connectivity index (χ1v) is 7.00. The van der Waals surface area contributed by atoms with Crippen LogP contribution in [0.4, 0.5) is 0 Å². The largest absolute Gasteiger partial charge is 0.389 e. The van der Waals surface area contributed by atoms with Crippen LogP contribution in [-0.2, 0) is 4.74 Å². The number of hydrogen-bond donors (Lipinski definition) is 2. The van der Waals surface area contributed by atoms with Gasteiger partial charge in [-0.2, -0.15) is 0 Å². The molecule has 0 radical (unpaired) electrons. The molecule has 3 heteroatoms. The van der Waals surface area contributed by atoms with E-state index in [4.69, 9.17) is 4.74 Å². The predicted octanol–water partition coefficient (Wildman–Crippen LogP) is 2.33. The Labute approximate surface area is 106 Å². The molecule has 1 rings (SSSR count). The highest BCUT2D eigenvalue weighted by Gasteiger charge is 2.15. The van der Waals surface area contributed by atoms with Gasteiger partial charge in [0.2, 0.25) is 0 Å². The third kappa shape index (κ3) is 7.74. The standard InChI is InChI=1S/C14H29NO2/c1-14(2,3)17-11-13(16)10-15-9-8-12-6-4-5-7-12/h12-13,15-16H,4-11H2,1-3H3. The number of nitrogens with one attached hydrogen (secondary N) is 1. The lowest BCUT2D eigenvalue weighted by Gasteiger charge is -2.22. The fourth-order valence-corrected chi connectivity index (χ4v) is 2.28. The normalized spacial score (nSPS) is 19.8. The molecule has 3 nitrogen and oxygen atoms in total. The summed E-state index contributed by atoms with van der Waals surface area (Å²) in [5, 5.41) is 13.0. The van der Waals surface area contributed by atoms with Gasteiger partial charge in [-0.05, 0) is 39.7 Å². The fourth-order valence-electron chi connectivity index (χ4n) is 2.28. The lowest BCUT2D eigenvalue weighted by atomic mass is 10.0. The molecule has 1 saturated carbocycles. The SMILES string of the molecule is CC(C)(C)OCC(O)CNCCC1CCCC1. The molecule has 1 atom stereocenters. The Morgan fingerprint density at radius 3 is 2.53 bits per heavy atom. The van der Waals surface area contributed by atoms with Crippen LogP contribution in [0.1, 0.15) is 52.9 Å². The van der Waals surface area contributed by atoms with E-state index in [-0.39, 0.29) is 5.60 Å². The zero-order valence-corrected chi connectivity index (χ0v) is 11.7. The average molecular weight is 243 g/mol. The minimum Gasteiger partial charge on any atom is -0.389 e. The van der Waals surface area contributed by atoms with Crippen molar-refractivity contribution in [2.24, 2.45) is 5.92 Å². The summed E-state index contributed by atoms with van der Waals surface area (Å²) in [5.41, 5.74) is -0.162. The van der Waals surface area contributed by atoms with Crippen LogP contribution in [0.25, 0.3) is 0 Å². The first-order chi connectivity index (χ1) is 7.97. The van der Waals surface area contributed by atoms with E-state index in [1.807, 2.05) is 20.8 Å². The van der Waals surface area contributed by atoms with Crippen LogP contribution in [0.5, 0.6) is 0 Å². The van der Waals surface area contributed by atoms with E-state index in [1.165, 1.54) is 32.1 Å². The zero-order chi connectivity index (χ0) is 12.7. The maximum atomic E-state index is 9.72. The van der Waals surface area contributed by atoms with Crippen molar-refractivity contribution >= 4 is 0 Å². The van der Waals surface area contributed by atoms with Gasteiger partial charge in [-0.25, -0.2) is 0 Å². The molecule has 17 heavy (non-hydrogen) atoms. The van der Waals surface area contributed by atoms with E-state index in [2.05, 4.69) is 5.32 Å². The van der Waals surface area contributed by atoms with Crippen LogP contribution >= 0.6 is 0 Å². The van der Waals surface area contributed by atoms with Crippen molar-refractivity contribution < 1.29 is 9.84 Å². The average Bonchev–Trinajstić information content (AvgIpc) is 2.73. The first kappa shape index (κ1) is 14.9. The van der Waals surface area contributed by atoms with Gasteiger partial charge in [-0.1, -0.05) is 25.7 Å². The van der Waals surface area contributed by atoms with Gasteiger partial charge in [0, 0.05) is 6.54 Å². The highest BCUT2D eigenvalue weighted by atomic mass is 16.5. The quantitative estimate of drug-likeness (QED) is 0.674. The van der Waals surface area contributed by atoms with Crippen LogP contribution in [0.2, 0.25) is 0 Å². The Morgan fingerprint density at radius 2 is 1.94 bits per heavy atom. The van der Waals surface area contributed by atoms with Crippen LogP contribution in [0, 0.1) is 5.92 Å². The van der Waals surface area contributed by atoms with E-state index in [0.717, 1.165) is 12.5 Å². The van der Waals surface area contributed by atoms with Crippen molar-refractivity contribution in [3.8, 4) is 0 Å². The van der Waals surface area contributed by atoms with Gasteiger partial charge >= 0.3 is 0 Å². The molecule has 0 aromatic rings. The number of ether oxygens (including phenoxy) is 1. The van der Waals surface area contributed by atoms with E-state index >= 15 is 0 Å². The topological polar surface area (TPSA) is 41.5 Å². The van der Waals surface area contributed by atoms with Crippen molar-refractivity contribution in [3.05, 3.63) is 0 Å². The summed E-state index contributed by atoms with van der Waals surface area (Å²) in [5.74, 6) is 0.922. The molecule has 0 bridgehead atoms. The van der Waals surface area contributed by atoms with Crippen LogP contribution < -0.4 is 5.32 Å². The van der Waals surface area contributed by atoms with Gasteiger partial charge < -0.3 is 15.2 Å². The second-order valence-corrected chi connectivity index (χ2v) is 6.22. The van der Waals surface area contributed by atoms with Crippen molar-refractivity contribution in [3.63, 3.8) is 0 Å². The van der Waals surface area contributed by atoms with Crippen molar-refractivity contribution in [1.82, 2.24) is 5.32 Å². The molecule has 0 amide bonds. The molecule has 0 aromatic carbocycles. The second-order valence-electron chi connectivity index (χ2n) is 6.22. The number of aliphatic hydroxyl groups excluding tert-OH is 1. The summed E-state index contributed by atoms with van der Waals surface area (Å²) in [4.78, 5) is 0. The number of hydrogen-bond acceptors (Lipinski definition) is 3. The molecule has 1 aliphatic carbocycles. The Balaban J connectivity index is 1.94. The van der Waals surface area contributed by atoms with E-state index in [1.54, 1.807) is 0 Å². The van der Waals surface area contributed by atoms with Crippen molar-refractivity contribution in [1.29, 1.82) is 0 Å². The molecule has 0 spiro atoms. The summed E-state index contributed by atoms with van der Waals surface area (Å²) < 4.78 is 5.53. The Morgan fingerprint density at radius 1 is 1.29 bits per heavy atom. The Bertz CT molecular complexity index is 195. The van der Waals surface area contributed by atoms with E-state index in [0.29, 0.717) is 13.2 Å². The summed E-state index contributed by atoms with van der Waals surface area (Å²) in [6, 6.07) is 0. The third-order valence-corrected chi connectivity index (χ3v) is 3.29. The molecule has 0 heterocycles. The molecular weight excluding hydrogens is 214 g/mol. The Hall–Kier alpha value is -0.120. The number of rotatable bonds is 7. The summed E-state index contributed by atoms with van der Waals surface area (Å²) in [6.45, 7) is 8.10. The van der Waals surface area contributed by atoms with Crippen LogP contribution in [0.3, 0.4) is 0 Å². The van der Waals surface area contributed by atoms with Gasteiger partial charge in [0.1, 0.15) is 0 Å². The molecule has 0 aliphatic heterocycles. The third-order valence-electron chi connectivity index (χ3n) is 3.29. The van der Waals surface area contributed by atoms with E-state index in [9.17, 15) is 5.11 Å². The van der Waals surface area contributed by atoms with Gasteiger partial charge in [0.25, 0.3) is 0 Å². The molecule has 0 aromatic heterocycles. The van der Waals surface area contributed by atoms with Crippen LogP contribution in [0.15, 0.2) is 0 Å². The Kier molecular flexibility index (Phi) is 6.45. The maximum Gasteiger partial charge on any atom is 0.0897 e. The summed E-state index contributed by atoms with van der Waals surface area (Å²) in [6.07, 6.45) is 6.49. The maximum absolute atomic E-state index is 9.72. The number of aliphatic hydroxyl groups is 1. The molecule has 102 valence electrons. The first-order valence-electron chi connectivity index (χ1n) is 7.00. The predicted molar refractivity (Wildman–Crippen MR) is 71.2 cm³/mol. The summed E-state index contributed by atoms with van der Waals surface area (Å²) >= 11 is 0. The fraction of sp³-hybridized carbons (Fsp3) is 1.00. The monoisotopic (exact) mass is 243 g/mol. The highest BCUT2D eigenvalue weighted by molar-refractivity contribution is 4.69. The molecule has 0 saturated heterocycles. The second kappa shape index (κ2) is 7.34. The molecular formula is C14H29NO2. The van der Waals surface area contributed by atoms with Crippen molar-refractivity contribution in [2.75, 3.05) is 19.7 Å². The zero-order valence-electron chi connectivity index (χ0n) is 11.7. The molecule has 1 unspecified atom stereocenters. The molecule has 1 fully saturated rings. The summed E-state index contributed by atoms with van der Waals surface area (Å²) in [7, 11) is 0. The minimum absolute atomic E-state index is 0.162. The van der Waals surface area contributed by atoms with Crippen molar-refractivity contribution in [2.45, 2.75) is 64.6 Å².